The predicted molar refractivity (Wildman–Crippen MR) is 61.9 cm³/mol. The zero-order valence-corrected chi connectivity index (χ0v) is 9.37. The number of hydrogen-bond donors (Lipinski definition) is 1. The summed E-state index contributed by atoms with van der Waals surface area (Å²) in [5.41, 5.74) is 1.31. The first-order valence-corrected chi connectivity index (χ1v) is 6.01. The van der Waals surface area contributed by atoms with E-state index in [0.717, 1.165) is 30.4 Å². The molecule has 3 heteroatoms. The highest BCUT2D eigenvalue weighted by Crippen LogP contribution is 2.32. The summed E-state index contributed by atoms with van der Waals surface area (Å²) in [6.07, 6.45) is 3.89. The summed E-state index contributed by atoms with van der Waals surface area (Å²) in [4.78, 5) is 0. The number of nitrogens with one attached hydrogen (secondary N) is 1. The van der Waals surface area contributed by atoms with Gasteiger partial charge in [-0.05, 0) is 56.0 Å². The van der Waals surface area contributed by atoms with Crippen molar-refractivity contribution in [2.75, 3.05) is 19.9 Å². The Morgan fingerprint density at radius 2 is 2.06 bits per heavy atom. The van der Waals surface area contributed by atoms with E-state index in [1.54, 1.807) is 0 Å². The van der Waals surface area contributed by atoms with Gasteiger partial charge in [0.05, 0.1) is 0 Å². The minimum atomic E-state index is 0.360. The summed E-state index contributed by atoms with van der Waals surface area (Å²) >= 11 is 0. The van der Waals surface area contributed by atoms with E-state index in [0.29, 0.717) is 6.79 Å². The molecule has 0 radical (unpaired) electrons. The molecular formula is C13H17NO2. The van der Waals surface area contributed by atoms with Gasteiger partial charge in [-0.1, -0.05) is 6.07 Å². The second-order valence-electron chi connectivity index (χ2n) is 4.59. The number of ether oxygens (including phenoxy) is 2. The monoisotopic (exact) mass is 219 g/mol. The summed E-state index contributed by atoms with van der Waals surface area (Å²) in [5, 5.41) is 3.49. The van der Waals surface area contributed by atoms with Gasteiger partial charge >= 0.3 is 0 Å². The molecule has 1 saturated carbocycles. The maximum Gasteiger partial charge on any atom is 0.231 e. The van der Waals surface area contributed by atoms with Gasteiger partial charge in [0.2, 0.25) is 6.79 Å². The molecule has 16 heavy (non-hydrogen) atoms. The summed E-state index contributed by atoms with van der Waals surface area (Å²) in [5.74, 6) is 2.71. The standard InChI is InChI=1S/C13H17NO2/c1-2-11(1)8-14-6-5-10-3-4-12-13(7-10)16-9-15-12/h3-4,7,11,14H,1-2,5-6,8-9H2. The predicted octanol–water partition coefficient (Wildman–Crippen LogP) is 1.96. The lowest BCUT2D eigenvalue weighted by Gasteiger charge is -2.04. The SMILES string of the molecule is c1cc2c(cc1CCNCC1CC1)OCO2. The molecule has 0 bridgehead atoms. The summed E-state index contributed by atoms with van der Waals surface area (Å²) in [6.45, 7) is 2.60. The van der Waals surface area contributed by atoms with E-state index in [9.17, 15) is 0 Å². The summed E-state index contributed by atoms with van der Waals surface area (Å²) in [7, 11) is 0. The molecule has 1 heterocycles. The normalized spacial score (nSPS) is 17.8. The summed E-state index contributed by atoms with van der Waals surface area (Å²) in [6, 6.07) is 6.20. The first-order chi connectivity index (χ1) is 7.92. The van der Waals surface area contributed by atoms with E-state index in [2.05, 4.69) is 17.4 Å². The number of fused-ring (bicyclic) bond motifs is 1. The topological polar surface area (TPSA) is 30.5 Å². The lowest BCUT2D eigenvalue weighted by Crippen LogP contribution is -2.19. The van der Waals surface area contributed by atoms with Gasteiger partial charge in [0, 0.05) is 0 Å². The van der Waals surface area contributed by atoms with Crippen LogP contribution >= 0.6 is 0 Å². The molecule has 1 aromatic carbocycles. The smallest absolute Gasteiger partial charge is 0.231 e. The zero-order chi connectivity index (χ0) is 10.8. The molecular weight excluding hydrogens is 202 g/mol. The van der Waals surface area contributed by atoms with Crippen LogP contribution in [-0.4, -0.2) is 19.9 Å². The van der Waals surface area contributed by atoms with Crippen LogP contribution < -0.4 is 14.8 Å². The first kappa shape index (κ1) is 9.97. The number of benzene rings is 1. The van der Waals surface area contributed by atoms with Crippen LogP contribution in [0, 0.1) is 5.92 Å². The molecule has 0 saturated heterocycles. The third kappa shape index (κ3) is 2.30. The molecule has 1 aromatic rings. The van der Waals surface area contributed by atoms with Crippen molar-refractivity contribution in [1.82, 2.24) is 5.32 Å². The summed E-state index contributed by atoms with van der Waals surface area (Å²) < 4.78 is 10.6. The van der Waals surface area contributed by atoms with Crippen LogP contribution in [0.5, 0.6) is 11.5 Å². The van der Waals surface area contributed by atoms with Gasteiger partial charge < -0.3 is 14.8 Å². The van der Waals surface area contributed by atoms with E-state index in [1.807, 2.05) is 6.07 Å². The molecule has 3 nitrogen and oxygen atoms in total. The molecule has 0 amide bonds. The average Bonchev–Trinajstić information content (AvgIpc) is 3.01. The molecule has 86 valence electrons. The average molecular weight is 219 g/mol. The lowest BCUT2D eigenvalue weighted by atomic mass is 10.1. The van der Waals surface area contributed by atoms with Crippen molar-refractivity contribution in [3.05, 3.63) is 23.8 Å². The Balaban J connectivity index is 1.49. The molecule has 2 aliphatic rings. The lowest BCUT2D eigenvalue weighted by molar-refractivity contribution is 0.174. The third-order valence-electron chi connectivity index (χ3n) is 3.16. The molecule has 0 spiro atoms. The van der Waals surface area contributed by atoms with E-state index < -0.39 is 0 Å². The van der Waals surface area contributed by atoms with Gasteiger partial charge in [-0.3, -0.25) is 0 Å². The quantitative estimate of drug-likeness (QED) is 0.768. The third-order valence-corrected chi connectivity index (χ3v) is 3.16. The highest BCUT2D eigenvalue weighted by Gasteiger charge is 2.20. The molecule has 0 aromatic heterocycles. The highest BCUT2D eigenvalue weighted by atomic mass is 16.7. The van der Waals surface area contributed by atoms with E-state index in [1.165, 1.54) is 24.9 Å². The molecule has 1 aliphatic carbocycles. The van der Waals surface area contributed by atoms with Crippen molar-refractivity contribution in [2.45, 2.75) is 19.3 Å². The van der Waals surface area contributed by atoms with Crippen molar-refractivity contribution in [2.24, 2.45) is 5.92 Å². The van der Waals surface area contributed by atoms with Crippen LogP contribution in [0.4, 0.5) is 0 Å². The van der Waals surface area contributed by atoms with Crippen molar-refractivity contribution in [1.29, 1.82) is 0 Å². The van der Waals surface area contributed by atoms with Crippen LogP contribution in [0.25, 0.3) is 0 Å². The van der Waals surface area contributed by atoms with Gasteiger partial charge in [-0.25, -0.2) is 0 Å². The van der Waals surface area contributed by atoms with E-state index >= 15 is 0 Å². The van der Waals surface area contributed by atoms with Crippen LogP contribution in [0.1, 0.15) is 18.4 Å². The Labute approximate surface area is 95.8 Å². The molecule has 1 aliphatic heterocycles. The van der Waals surface area contributed by atoms with Crippen LogP contribution in [0.3, 0.4) is 0 Å². The second kappa shape index (κ2) is 4.34. The van der Waals surface area contributed by atoms with Crippen molar-refractivity contribution in [3.63, 3.8) is 0 Å². The van der Waals surface area contributed by atoms with Gasteiger partial charge in [0.1, 0.15) is 0 Å². The largest absolute Gasteiger partial charge is 0.454 e. The Morgan fingerprint density at radius 3 is 2.94 bits per heavy atom. The maximum atomic E-state index is 5.35. The Bertz CT molecular complexity index is 374. The fourth-order valence-electron chi connectivity index (χ4n) is 1.96. The number of rotatable bonds is 5. The van der Waals surface area contributed by atoms with Crippen LogP contribution in [0.2, 0.25) is 0 Å². The van der Waals surface area contributed by atoms with Gasteiger partial charge in [0.25, 0.3) is 0 Å². The van der Waals surface area contributed by atoms with Gasteiger partial charge in [-0.15, -0.1) is 0 Å². The van der Waals surface area contributed by atoms with Crippen molar-refractivity contribution in [3.8, 4) is 11.5 Å². The minimum absolute atomic E-state index is 0.360. The maximum absolute atomic E-state index is 5.35. The Kier molecular flexibility index (Phi) is 2.70. The molecule has 3 rings (SSSR count). The minimum Gasteiger partial charge on any atom is -0.454 e. The molecule has 1 N–H and O–H groups in total. The van der Waals surface area contributed by atoms with Crippen molar-refractivity contribution >= 4 is 0 Å². The van der Waals surface area contributed by atoms with E-state index in [-0.39, 0.29) is 0 Å². The molecule has 0 atom stereocenters. The molecule has 1 fully saturated rings. The molecule has 0 unspecified atom stereocenters. The Morgan fingerprint density at radius 1 is 1.19 bits per heavy atom. The first-order valence-electron chi connectivity index (χ1n) is 6.01. The number of hydrogen-bond acceptors (Lipinski definition) is 3. The zero-order valence-electron chi connectivity index (χ0n) is 9.37. The van der Waals surface area contributed by atoms with Crippen LogP contribution in [0.15, 0.2) is 18.2 Å². The highest BCUT2D eigenvalue weighted by molar-refractivity contribution is 5.44. The second-order valence-corrected chi connectivity index (χ2v) is 4.59. The fourth-order valence-corrected chi connectivity index (χ4v) is 1.96. The Hall–Kier alpha value is -1.22. The van der Waals surface area contributed by atoms with E-state index in [4.69, 9.17) is 9.47 Å². The fraction of sp³-hybridized carbons (Fsp3) is 0.538. The van der Waals surface area contributed by atoms with Gasteiger partial charge in [0.15, 0.2) is 11.5 Å². The van der Waals surface area contributed by atoms with Crippen molar-refractivity contribution < 1.29 is 9.47 Å². The van der Waals surface area contributed by atoms with Gasteiger partial charge in [-0.2, -0.15) is 0 Å². The van der Waals surface area contributed by atoms with Crippen LogP contribution in [-0.2, 0) is 6.42 Å².